The van der Waals surface area contributed by atoms with Crippen LogP contribution in [0, 0.1) is 0 Å². The van der Waals surface area contributed by atoms with Crippen LogP contribution in [-0.4, -0.2) is 19.8 Å². The highest BCUT2D eigenvalue weighted by Gasteiger charge is 2.09. The molecule has 2 rings (SSSR count). The molecule has 2 aromatic rings. The number of carbonyl (C=O) groups is 1. The highest BCUT2D eigenvalue weighted by atomic mass is 16.5. The van der Waals surface area contributed by atoms with E-state index < -0.39 is 6.09 Å². The zero-order chi connectivity index (χ0) is 17.2. The summed E-state index contributed by atoms with van der Waals surface area (Å²) < 4.78 is 16.2. The molecule has 0 unspecified atom stereocenters. The van der Waals surface area contributed by atoms with Gasteiger partial charge < -0.3 is 14.2 Å². The average Bonchev–Trinajstić information content (AvgIpc) is 2.62. The maximum atomic E-state index is 11.3. The first-order valence-electron chi connectivity index (χ1n) is 7.62. The summed E-state index contributed by atoms with van der Waals surface area (Å²) in [6.45, 7) is 2.77. The smallest absolute Gasteiger partial charge is 0.411 e. The molecule has 1 amide bonds. The standard InChI is InChI=1S/C19H21NO4/c1-3-4-12-23-18-13-16(20-19(21)22-2)10-11-17(18)24-14-15-8-6-5-7-9-15/h3-11,13H,12,14H2,1-2H3,(H,20,21). The van der Waals surface area contributed by atoms with E-state index in [1.54, 1.807) is 18.2 Å². The zero-order valence-corrected chi connectivity index (χ0v) is 13.8. The van der Waals surface area contributed by atoms with Gasteiger partial charge in [-0.2, -0.15) is 0 Å². The number of methoxy groups -OCH3 is 1. The Morgan fingerprint density at radius 1 is 1.08 bits per heavy atom. The Labute approximate surface area is 141 Å². The number of carbonyl (C=O) groups excluding carboxylic acids is 1. The van der Waals surface area contributed by atoms with Crippen LogP contribution in [0.5, 0.6) is 11.5 Å². The summed E-state index contributed by atoms with van der Waals surface area (Å²) >= 11 is 0. The van der Waals surface area contributed by atoms with Crippen LogP contribution in [0.3, 0.4) is 0 Å². The van der Waals surface area contributed by atoms with E-state index in [1.807, 2.05) is 49.4 Å². The second-order valence-electron chi connectivity index (χ2n) is 4.93. The second-order valence-corrected chi connectivity index (χ2v) is 4.93. The van der Waals surface area contributed by atoms with Crippen molar-refractivity contribution in [2.75, 3.05) is 19.0 Å². The molecule has 0 saturated carbocycles. The van der Waals surface area contributed by atoms with Crippen molar-refractivity contribution in [3.63, 3.8) is 0 Å². The van der Waals surface area contributed by atoms with Crippen molar-refractivity contribution in [1.29, 1.82) is 0 Å². The molecule has 0 radical (unpaired) electrons. The fourth-order valence-corrected chi connectivity index (χ4v) is 1.96. The lowest BCUT2D eigenvalue weighted by atomic mass is 10.2. The van der Waals surface area contributed by atoms with Crippen molar-refractivity contribution < 1.29 is 19.0 Å². The first kappa shape index (κ1) is 17.4. The van der Waals surface area contributed by atoms with Crippen molar-refractivity contribution in [1.82, 2.24) is 0 Å². The fourth-order valence-electron chi connectivity index (χ4n) is 1.96. The highest BCUT2D eigenvalue weighted by Crippen LogP contribution is 2.31. The molecule has 1 N–H and O–H groups in total. The minimum absolute atomic E-state index is 0.417. The Morgan fingerprint density at radius 2 is 1.88 bits per heavy atom. The van der Waals surface area contributed by atoms with Gasteiger partial charge in [0.1, 0.15) is 13.2 Å². The number of ether oxygens (including phenoxy) is 3. The number of benzene rings is 2. The van der Waals surface area contributed by atoms with Gasteiger partial charge in [-0.3, -0.25) is 5.32 Å². The quantitative estimate of drug-likeness (QED) is 0.766. The fraction of sp³-hybridized carbons (Fsp3) is 0.211. The van der Waals surface area contributed by atoms with E-state index in [-0.39, 0.29) is 0 Å². The summed E-state index contributed by atoms with van der Waals surface area (Å²) in [5, 5.41) is 2.61. The first-order chi connectivity index (χ1) is 11.7. The molecule has 126 valence electrons. The molecule has 5 heteroatoms. The third kappa shape index (κ3) is 5.35. The van der Waals surface area contributed by atoms with Crippen LogP contribution in [0.15, 0.2) is 60.7 Å². The van der Waals surface area contributed by atoms with Crippen molar-refractivity contribution in [3.8, 4) is 11.5 Å². The molecule has 24 heavy (non-hydrogen) atoms. The van der Waals surface area contributed by atoms with Gasteiger partial charge in [-0.15, -0.1) is 0 Å². The van der Waals surface area contributed by atoms with Gasteiger partial charge in [0.05, 0.1) is 7.11 Å². The highest BCUT2D eigenvalue weighted by molar-refractivity contribution is 5.85. The number of hydrogen-bond donors (Lipinski definition) is 1. The van der Waals surface area contributed by atoms with Crippen LogP contribution in [0.2, 0.25) is 0 Å². The van der Waals surface area contributed by atoms with Crippen LogP contribution < -0.4 is 14.8 Å². The lowest BCUT2D eigenvalue weighted by Crippen LogP contribution is -2.11. The molecule has 0 spiro atoms. The van der Waals surface area contributed by atoms with Crippen molar-refractivity contribution in [2.24, 2.45) is 0 Å². The lowest BCUT2D eigenvalue weighted by molar-refractivity contribution is 0.187. The Hall–Kier alpha value is -2.95. The van der Waals surface area contributed by atoms with Gasteiger partial charge in [-0.1, -0.05) is 42.5 Å². The molecular formula is C19H21NO4. The van der Waals surface area contributed by atoms with Gasteiger partial charge in [-0.25, -0.2) is 4.79 Å². The number of hydrogen-bond acceptors (Lipinski definition) is 4. The molecule has 0 aliphatic rings. The van der Waals surface area contributed by atoms with Crippen molar-refractivity contribution in [3.05, 3.63) is 66.2 Å². The van der Waals surface area contributed by atoms with Gasteiger partial charge >= 0.3 is 6.09 Å². The minimum atomic E-state index is -0.535. The van der Waals surface area contributed by atoms with Gasteiger partial charge in [0, 0.05) is 11.8 Å². The average molecular weight is 327 g/mol. The Bertz CT molecular complexity index is 683. The Balaban J connectivity index is 2.13. The third-order valence-electron chi connectivity index (χ3n) is 3.18. The predicted octanol–water partition coefficient (Wildman–Crippen LogP) is 4.40. The summed E-state index contributed by atoms with van der Waals surface area (Å²) in [6, 6.07) is 15.1. The van der Waals surface area contributed by atoms with Gasteiger partial charge in [0.2, 0.25) is 0 Å². The van der Waals surface area contributed by atoms with E-state index in [0.29, 0.717) is 30.4 Å². The predicted molar refractivity (Wildman–Crippen MR) is 93.6 cm³/mol. The van der Waals surface area contributed by atoms with Crippen LogP contribution in [0.4, 0.5) is 10.5 Å². The van der Waals surface area contributed by atoms with E-state index in [9.17, 15) is 4.79 Å². The summed E-state index contributed by atoms with van der Waals surface area (Å²) in [4.78, 5) is 11.3. The number of amides is 1. The van der Waals surface area contributed by atoms with Crippen molar-refractivity contribution in [2.45, 2.75) is 13.5 Å². The maximum Gasteiger partial charge on any atom is 0.411 e. The summed E-state index contributed by atoms with van der Waals surface area (Å²) in [5.41, 5.74) is 1.64. The molecular weight excluding hydrogens is 306 g/mol. The van der Waals surface area contributed by atoms with Crippen LogP contribution in [0.25, 0.3) is 0 Å². The number of allylic oxidation sites excluding steroid dienone is 1. The topological polar surface area (TPSA) is 56.8 Å². The largest absolute Gasteiger partial charge is 0.486 e. The molecule has 2 aromatic carbocycles. The van der Waals surface area contributed by atoms with Gasteiger partial charge in [0.15, 0.2) is 11.5 Å². The molecule has 0 atom stereocenters. The molecule has 0 aliphatic carbocycles. The van der Waals surface area contributed by atoms with Crippen LogP contribution in [0.1, 0.15) is 12.5 Å². The molecule has 5 nitrogen and oxygen atoms in total. The molecule has 0 aliphatic heterocycles. The van der Waals surface area contributed by atoms with E-state index >= 15 is 0 Å². The van der Waals surface area contributed by atoms with E-state index in [0.717, 1.165) is 5.56 Å². The molecule has 0 bridgehead atoms. The summed E-state index contributed by atoms with van der Waals surface area (Å²) in [5.74, 6) is 1.16. The Kier molecular flexibility index (Phi) is 6.71. The van der Waals surface area contributed by atoms with Crippen molar-refractivity contribution >= 4 is 11.8 Å². The lowest BCUT2D eigenvalue weighted by Gasteiger charge is -2.14. The van der Waals surface area contributed by atoms with E-state index in [1.165, 1.54) is 7.11 Å². The molecule has 0 fully saturated rings. The maximum absolute atomic E-state index is 11.3. The minimum Gasteiger partial charge on any atom is -0.486 e. The van der Waals surface area contributed by atoms with Crippen LogP contribution in [-0.2, 0) is 11.3 Å². The van der Waals surface area contributed by atoms with E-state index in [4.69, 9.17) is 9.47 Å². The normalized spacial score (nSPS) is 10.4. The van der Waals surface area contributed by atoms with Crippen LogP contribution >= 0.6 is 0 Å². The number of nitrogens with one attached hydrogen (secondary N) is 1. The number of anilines is 1. The first-order valence-corrected chi connectivity index (χ1v) is 7.62. The van der Waals surface area contributed by atoms with Gasteiger partial charge in [-0.05, 0) is 24.6 Å². The Morgan fingerprint density at radius 3 is 2.58 bits per heavy atom. The zero-order valence-electron chi connectivity index (χ0n) is 13.8. The molecule has 0 saturated heterocycles. The molecule has 0 aromatic heterocycles. The monoisotopic (exact) mass is 327 g/mol. The SMILES string of the molecule is CC=CCOc1cc(NC(=O)OC)ccc1OCc1ccccc1. The summed E-state index contributed by atoms with van der Waals surface area (Å²) in [7, 11) is 1.32. The summed E-state index contributed by atoms with van der Waals surface area (Å²) in [6.07, 6.45) is 3.26. The number of rotatable bonds is 7. The third-order valence-corrected chi connectivity index (χ3v) is 3.18. The second kappa shape index (κ2) is 9.25. The molecule has 0 heterocycles. The van der Waals surface area contributed by atoms with E-state index in [2.05, 4.69) is 10.1 Å². The van der Waals surface area contributed by atoms with Gasteiger partial charge in [0.25, 0.3) is 0 Å².